The van der Waals surface area contributed by atoms with E-state index in [1.54, 1.807) is 0 Å². The third-order valence-electron chi connectivity index (χ3n) is 3.84. The summed E-state index contributed by atoms with van der Waals surface area (Å²) in [5.41, 5.74) is 1.03. The van der Waals surface area contributed by atoms with Crippen molar-refractivity contribution in [2.75, 3.05) is 0 Å². The number of rotatable bonds is 1. The summed E-state index contributed by atoms with van der Waals surface area (Å²) in [5, 5.41) is 5.37. The number of hydrogen-bond donors (Lipinski definition) is 0. The smallest absolute Gasteiger partial charge is 0.194 e. The summed E-state index contributed by atoms with van der Waals surface area (Å²) in [5.74, 6) is 0. The van der Waals surface area contributed by atoms with Gasteiger partial charge in [0.1, 0.15) is 0 Å². The van der Waals surface area contributed by atoms with E-state index in [-0.39, 0.29) is 5.43 Å². The highest BCUT2D eigenvalue weighted by Crippen LogP contribution is 2.22. The van der Waals surface area contributed by atoms with E-state index in [4.69, 9.17) is 11.6 Å². The highest BCUT2D eigenvalue weighted by atomic mass is 35.5. The van der Waals surface area contributed by atoms with Crippen LogP contribution in [0.3, 0.4) is 0 Å². The predicted molar refractivity (Wildman–Crippen MR) is 89.1 cm³/mol. The van der Waals surface area contributed by atoms with Crippen molar-refractivity contribution in [2.24, 2.45) is 0 Å². The van der Waals surface area contributed by atoms with Gasteiger partial charge in [-0.25, -0.2) is 0 Å². The molecule has 0 radical (unpaired) electrons. The standard InChI is InChI=1S/C19H11ClO/c20-14-7-1-4-12(10-14)11-17-15-8-2-5-13-6-3-9-16(18(13)15)19(17)21/h1-11H/b17-11-. The van der Waals surface area contributed by atoms with Gasteiger partial charge >= 0.3 is 0 Å². The molecule has 4 rings (SSSR count). The lowest BCUT2D eigenvalue weighted by atomic mass is 10.1. The minimum absolute atomic E-state index is 0.0850. The molecule has 0 unspecified atom stereocenters. The fourth-order valence-electron chi connectivity index (χ4n) is 2.93. The van der Waals surface area contributed by atoms with E-state index in [0.717, 1.165) is 32.3 Å². The van der Waals surface area contributed by atoms with Crippen LogP contribution in [0.5, 0.6) is 0 Å². The minimum atomic E-state index is 0.0850. The van der Waals surface area contributed by atoms with Crippen LogP contribution >= 0.6 is 11.6 Å². The van der Waals surface area contributed by atoms with Crippen molar-refractivity contribution in [1.29, 1.82) is 0 Å². The third kappa shape index (κ3) is 1.90. The van der Waals surface area contributed by atoms with E-state index in [0.29, 0.717) is 5.02 Å². The molecule has 0 aromatic heterocycles. The molecular weight excluding hydrogens is 280 g/mol. The maximum absolute atomic E-state index is 12.7. The van der Waals surface area contributed by atoms with Crippen LogP contribution in [-0.2, 0) is 0 Å². The van der Waals surface area contributed by atoms with Gasteiger partial charge in [0, 0.05) is 21.0 Å². The molecule has 4 aromatic carbocycles. The number of hydrogen-bond acceptors (Lipinski definition) is 1. The van der Waals surface area contributed by atoms with Gasteiger partial charge in [0.05, 0.1) is 0 Å². The summed E-state index contributed by atoms with van der Waals surface area (Å²) in [7, 11) is 0. The highest BCUT2D eigenvalue weighted by Gasteiger charge is 2.10. The largest absolute Gasteiger partial charge is 0.289 e. The van der Waals surface area contributed by atoms with E-state index in [9.17, 15) is 4.79 Å². The van der Waals surface area contributed by atoms with Gasteiger partial charge in [-0.2, -0.15) is 0 Å². The topological polar surface area (TPSA) is 17.1 Å². The summed E-state index contributed by atoms with van der Waals surface area (Å²) in [6, 6.07) is 19.4. The summed E-state index contributed by atoms with van der Waals surface area (Å²) in [6.45, 7) is 0. The van der Waals surface area contributed by atoms with Crippen LogP contribution in [0.15, 0.2) is 65.5 Å². The molecule has 0 saturated carbocycles. The molecule has 0 heterocycles. The molecule has 0 atom stereocenters. The van der Waals surface area contributed by atoms with Crippen molar-refractivity contribution in [2.45, 2.75) is 0 Å². The lowest BCUT2D eigenvalue weighted by molar-refractivity contribution is 1.61. The zero-order valence-electron chi connectivity index (χ0n) is 11.1. The Kier molecular flexibility index (Phi) is 2.69. The zero-order chi connectivity index (χ0) is 14.4. The van der Waals surface area contributed by atoms with Crippen molar-refractivity contribution in [3.63, 3.8) is 0 Å². The minimum Gasteiger partial charge on any atom is -0.289 e. The molecule has 0 aliphatic carbocycles. The normalized spacial score (nSPS) is 12.5. The second-order valence-corrected chi connectivity index (χ2v) is 5.59. The van der Waals surface area contributed by atoms with Crippen LogP contribution in [0.4, 0.5) is 0 Å². The van der Waals surface area contributed by atoms with Gasteiger partial charge in [-0.3, -0.25) is 4.79 Å². The molecule has 0 bridgehead atoms. The first-order valence-electron chi connectivity index (χ1n) is 6.78. The van der Waals surface area contributed by atoms with E-state index >= 15 is 0 Å². The van der Waals surface area contributed by atoms with Crippen molar-refractivity contribution in [3.05, 3.63) is 86.7 Å². The number of benzene rings is 3. The fraction of sp³-hybridized carbons (Fsp3) is 0. The molecule has 0 N–H and O–H groups in total. The molecule has 0 aliphatic heterocycles. The average Bonchev–Trinajstić information content (AvgIpc) is 2.76. The molecule has 21 heavy (non-hydrogen) atoms. The Bertz CT molecular complexity index is 1060. The maximum atomic E-state index is 12.7. The maximum Gasteiger partial charge on any atom is 0.194 e. The molecule has 0 spiro atoms. The van der Waals surface area contributed by atoms with E-state index in [1.165, 1.54) is 0 Å². The first-order valence-corrected chi connectivity index (χ1v) is 7.16. The summed E-state index contributed by atoms with van der Waals surface area (Å²) >= 11 is 6.02. The second-order valence-electron chi connectivity index (χ2n) is 5.15. The molecular formula is C19H11ClO. The second kappa shape index (κ2) is 4.57. The fourth-order valence-corrected chi connectivity index (χ4v) is 3.13. The summed E-state index contributed by atoms with van der Waals surface area (Å²) in [6.07, 6.45) is 1.92. The Morgan fingerprint density at radius 1 is 0.857 bits per heavy atom. The van der Waals surface area contributed by atoms with Crippen molar-refractivity contribution in [1.82, 2.24) is 0 Å². The molecule has 0 amide bonds. The molecule has 4 aromatic rings. The van der Waals surface area contributed by atoms with Gasteiger partial charge in [0.25, 0.3) is 0 Å². The van der Waals surface area contributed by atoms with Crippen LogP contribution in [0, 0.1) is 0 Å². The Labute approximate surface area is 126 Å². The van der Waals surface area contributed by atoms with Crippen LogP contribution in [-0.4, -0.2) is 0 Å². The highest BCUT2D eigenvalue weighted by molar-refractivity contribution is 6.30. The van der Waals surface area contributed by atoms with Crippen molar-refractivity contribution >= 4 is 39.2 Å². The SMILES string of the molecule is O=c1/c(=C\c2cccc(Cl)c2)c2cccc3cccc1c32. The van der Waals surface area contributed by atoms with Crippen LogP contribution < -0.4 is 10.6 Å². The monoisotopic (exact) mass is 290 g/mol. The van der Waals surface area contributed by atoms with Crippen LogP contribution in [0.1, 0.15) is 5.56 Å². The molecule has 100 valence electrons. The van der Waals surface area contributed by atoms with Gasteiger partial charge in [-0.05, 0) is 34.5 Å². The van der Waals surface area contributed by atoms with Gasteiger partial charge in [0.2, 0.25) is 0 Å². The van der Waals surface area contributed by atoms with E-state index < -0.39 is 0 Å². The molecule has 0 saturated heterocycles. The predicted octanol–water partition coefficient (Wildman–Crippen LogP) is 3.99. The Hall–Kier alpha value is -2.38. The van der Waals surface area contributed by atoms with Gasteiger partial charge < -0.3 is 0 Å². The molecule has 2 heteroatoms. The Morgan fingerprint density at radius 2 is 1.57 bits per heavy atom. The summed E-state index contributed by atoms with van der Waals surface area (Å²) < 4.78 is 0. The molecule has 0 aliphatic rings. The van der Waals surface area contributed by atoms with Gasteiger partial charge in [-0.15, -0.1) is 0 Å². The Balaban J connectivity index is 2.17. The van der Waals surface area contributed by atoms with Crippen molar-refractivity contribution < 1.29 is 0 Å². The lowest BCUT2D eigenvalue weighted by Crippen LogP contribution is -2.19. The van der Waals surface area contributed by atoms with E-state index in [2.05, 4.69) is 0 Å². The molecule has 1 nitrogen and oxygen atoms in total. The summed E-state index contributed by atoms with van der Waals surface area (Å²) in [4.78, 5) is 12.7. The first kappa shape index (κ1) is 12.4. The lowest BCUT2D eigenvalue weighted by Gasteiger charge is -1.96. The van der Waals surface area contributed by atoms with Gasteiger partial charge in [0.15, 0.2) is 5.43 Å². The third-order valence-corrected chi connectivity index (χ3v) is 4.08. The van der Waals surface area contributed by atoms with Crippen LogP contribution in [0.25, 0.3) is 27.6 Å². The first-order chi connectivity index (χ1) is 10.2. The number of halogens is 1. The Morgan fingerprint density at radius 3 is 2.33 bits per heavy atom. The molecule has 0 fully saturated rings. The van der Waals surface area contributed by atoms with Gasteiger partial charge in [-0.1, -0.05) is 60.1 Å². The average molecular weight is 291 g/mol. The van der Waals surface area contributed by atoms with E-state index in [1.807, 2.05) is 66.7 Å². The zero-order valence-corrected chi connectivity index (χ0v) is 11.9. The van der Waals surface area contributed by atoms with Crippen LogP contribution in [0.2, 0.25) is 5.02 Å². The quantitative estimate of drug-likeness (QED) is 0.518. The van der Waals surface area contributed by atoms with Crippen molar-refractivity contribution in [3.8, 4) is 0 Å².